The van der Waals surface area contributed by atoms with Gasteiger partial charge in [-0.15, -0.1) is 0 Å². The summed E-state index contributed by atoms with van der Waals surface area (Å²) in [7, 11) is 0. The van der Waals surface area contributed by atoms with Crippen LogP contribution in [0.25, 0.3) is 0 Å². The molecule has 1 aromatic rings. The van der Waals surface area contributed by atoms with Gasteiger partial charge in [-0.25, -0.2) is 0 Å². The lowest BCUT2D eigenvalue weighted by molar-refractivity contribution is 0.0847. The molecule has 0 amide bonds. The minimum absolute atomic E-state index is 0.224. The van der Waals surface area contributed by atoms with Gasteiger partial charge in [0.1, 0.15) is 0 Å². The largest absolute Gasteiger partial charge is 0.388 e. The predicted molar refractivity (Wildman–Crippen MR) is 77.9 cm³/mol. The monoisotopic (exact) mass is 259 g/mol. The van der Waals surface area contributed by atoms with E-state index in [1.807, 2.05) is 0 Å². The first kappa shape index (κ1) is 13.1. The van der Waals surface area contributed by atoms with Crippen LogP contribution in [0.4, 0.5) is 0 Å². The summed E-state index contributed by atoms with van der Waals surface area (Å²) in [5, 5.41) is 10.6. The van der Waals surface area contributed by atoms with E-state index < -0.39 is 0 Å². The normalized spacial score (nSPS) is 24.1. The third-order valence-electron chi connectivity index (χ3n) is 5.18. The van der Waals surface area contributed by atoms with E-state index in [2.05, 4.69) is 24.3 Å². The molecule has 2 nitrogen and oxygen atoms in total. The summed E-state index contributed by atoms with van der Waals surface area (Å²) >= 11 is 0. The second kappa shape index (κ2) is 5.26. The van der Waals surface area contributed by atoms with Crippen molar-refractivity contribution in [1.82, 2.24) is 0 Å². The number of hydrogen-bond donors (Lipinski definition) is 2. The van der Waals surface area contributed by atoms with E-state index in [-0.39, 0.29) is 11.5 Å². The molecule has 0 spiro atoms. The highest BCUT2D eigenvalue weighted by molar-refractivity contribution is 5.36. The lowest BCUT2D eigenvalue weighted by atomic mass is 9.82. The molecular formula is C17H25NO. The van der Waals surface area contributed by atoms with Gasteiger partial charge in [0.15, 0.2) is 0 Å². The Morgan fingerprint density at radius 1 is 1.21 bits per heavy atom. The van der Waals surface area contributed by atoms with Crippen LogP contribution in [-0.4, -0.2) is 11.7 Å². The zero-order valence-electron chi connectivity index (χ0n) is 11.6. The zero-order valence-corrected chi connectivity index (χ0v) is 11.6. The molecule has 2 fully saturated rings. The van der Waals surface area contributed by atoms with Crippen molar-refractivity contribution in [2.75, 3.05) is 6.54 Å². The molecule has 0 saturated heterocycles. The van der Waals surface area contributed by atoms with E-state index in [1.54, 1.807) is 0 Å². The maximum Gasteiger partial charge on any atom is 0.0818 e. The summed E-state index contributed by atoms with van der Waals surface area (Å²) in [4.78, 5) is 0. The van der Waals surface area contributed by atoms with E-state index in [0.717, 1.165) is 12.1 Å². The van der Waals surface area contributed by atoms with Gasteiger partial charge < -0.3 is 10.8 Å². The molecule has 104 valence electrons. The first-order chi connectivity index (χ1) is 9.25. The molecule has 3 rings (SSSR count). The Bertz CT molecular complexity index is 433. The fourth-order valence-electron chi connectivity index (χ4n) is 3.54. The Kier molecular flexibility index (Phi) is 3.64. The van der Waals surface area contributed by atoms with Crippen molar-refractivity contribution in [3.05, 3.63) is 35.4 Å². The van der Waals surface area contributed by atoms with E-state index in [9.17, 15) is 5.11 Å². The van der Waals surface area contributed by atoms with Crippen molar-refractivity contribution in [3.63, 3.8) is 0 Å². The SMILES string of the molecule is NCC1(c2cccc(C(O)C3CCCCC3)c2)CC1. The van der Waals surface area contributed by atoms with Crippen molar-refractivity contribution in [1.29, 1.82) is 0 Å². The van der Waals surface area contributed by atoms with Crippen LogP contribution in [0.15, 0.2) is 24.3 Å². The molecule has 0 aromatic heterocycles. The van der Waals surface area contributed by atoms with Gasteiger partial charge in [-0.05, 0) is 42.7 Å². The molecule has 1 atom stereocenters. The average Bonchev–Trinajstić information content (AvgIpc) is 3.29. The van der Waals surface area contributed by atoms with Crippen molar-refractivity contribution >= 4 is 0 Å². The molecule has 2 heteroatoms. The third kappa shape index (κ3) is 2.56. The van der Waals surface area contributed by atoms with Crippen molar-refractivity contribution in [2.45, 2.75) is 56.5 Å². The molecule has 19 heavy (non-hydrogen) atoms. The van der Waals surface area contributed by atoms with E-state index in [1.165, 1.54) is 50.5 Å². The number of hydrogen-bond acceptors (Lipinski definition) is 2. The summed E-state index contributed by atoms with van der Waals surface area (Å²) in [6.45, 7) is 0.732. The van der Waals surface area contributed by atoms with Crippen LogP contribution in [0.5, 0.6) is 0 Å². The number of aliphatic hydroxyl groups is 1. The minimum Gasteiger partial charge on any atom is -0.388 e. The topological polar surface area (TPSA) is 46.2 Å². The number of rotatable bonds is 4. The predicted octanol–water partition coefficient (Wildman–Crippen LogP) is 3.29. The van der Waals surface area contributed by atoms with Crippen LogP contribution >= 0.6 is 0 Å². The molecule has 1 unspecified atom stereocenters. The minimum atomic E-state index is -0.283. The second-order valence-electron chi connectivity index (χ2n) is 6.45. The van der Waals surface area contributed by atoms with E-state index >= 15 is 0 Å². The number of aliphatic hydroxyl groups excluding tert-OH is 1. The van der Waals surface area contributed by atoms with Crippen LogP contribution in [0, 0.1) is 5.92 Å². The maximum atomic E-state index is 10.6. The lowest BCUT2D eigenvalue weighted by Gasteiger charge is -2.27. The van der Waals surface area contributed by atoms with E-state index in [0.29, 0.717) is 5.92 Å². The smallest absolute Gasteiger partial charge is 0.0818 e. The van der Waals surface area contributed by atoms with Gasteiger partial charge in [0.05, 0.1) is 6.10 Å². The molecule has 2 aliphatic carbocycles. The Morgan fingerprint density at radius 3 is 2.58 bits per heavy atom. The summed E-state index contributed by atoms with van der Waals surface area (Å²) in [6.07, 6.45) is 8.34. The van der Waals surface area contributed by atoms with Crippen molar-refractivity contribution < 1.29 is 5.11 Å². The fourth-order valence-corrected chi connectivity index (χ4v) is 3.54. The Hall–Kier alpha value is -0.860. The van der Waals surface area contributed by atoms with Crippen LogP contribution in [-0.2, 0) is 5.41 Å². The molecule has 2 saturated carbocycles. The highest BCUT2D eigenvalue weighted by atomic mass is 16.3. The Labute approximate surface area is 116 Å². The quantitative estimate of drug-likeness (QED) is 0.871. The molecule has 2 aliphatic rings. The first-order valence-electron chi connectivity index (χ1n) is 7.74. The number of nitrogens with two attached hydrogens (primary N) is 1. The summed E-state index contributed by atoms with van der Waals surface area (Å²) in [5.74, 6) is 0.456. The Morgan fingerprint density at radius 2 is 1.95 bits per heavy atom. The van der Waals surface area contributed by atoms with Crippen LogP contribution < -0.4 is 5.73 Å². The summed E-state index contributed by atoms with van der Waals surface area (Å²) in [5.41, 5.74) is 8.57. The van der Waals surface area contributed by atoms with Crippen LogP contribution in [0.1, 0.15) is 62.2 Å². The summed E-state index contributed by atoms with van der Waals surface area (Å²) < 4.78 is 0. The molecule has 0 radical (unpaired) electrons. The zero-order chi connectivity index (χ0) is 13.3. The Balaban J connectivity index is 1.78. The van der Waals surface area contributed by atoms with Gasteiger partial charge in [-0.3, -0.25) is 0 Å². The van der Waals surface area contributed by atoms with Gasteiger partial charge in [-0.1, -0.05) is 43.5 Å². The first-order valence-corrected chi connectivity index (χ1v) is 7.74. The highest BCUT2D eigenvalue weighted by Gasteiger charge is 2.43. The van der Waals surface area contributed by atoms with Crippen LogP contribution in [0.2, 0.25) is 0 Å². The van der Waals surface area contributed by atoms with Gasteiger partial charge in [0.25, 0.3) is 0 Å². The van der Waals surface area contributed by atoms with Gasteiger partial charge in [-0.2, -0.15) is 0 Å². The van der Waals surface area contributed by atoms with E-state index in [4.69, 9.17) is 5.73 Å². The number of benzene rings is 1. The van der Waals surface area contributed by atoms with Gasteiger partial charge >= 0.3 is 0 Å². The second-order valence-corrected chi connectivity index (χ2v) is 6.45. The molecule has 0 bridgehead atoms. The molecule has 0 heterocycles. The molecule has 3 N–H and O–H groups in total. The van der Waals surface area contributed by atoms with Crippen molar-refractivity contribution in [3.8, 4) is 0 Å². The summed E-state index contributed by atoms with van der Waals surface area (Å²) in [6, 6.07) is 8.55. The van der Waals surface area contributed by atoms with Crippen molar-refractivity contribution in [2.24, 2.45) is 11.7 Å². The van der Waals surface area contributed by atoms with Gasteiger partial charge in [0, 0.05) is 12.0 Å². The van der Waals surface area contributed by atoms with Crippen LogP contribution in [0.3, 0.4) is 0 Å². The maximum absolute atomic E-state index is 10.6. The third-order valence-corrected chi connectivity index (χ3v) is 5.18. The van der Waals surface area contributed by atoms with Gasteiger partial charge in [0.2, 0.25) is 0 Å². The lowest BCUT2D eigenvalue weighted by Crippen LogP contribution is -2.21. The fraction of sp³-hybridized carbons (Fsp3) is 0.647. The standard InChI is InChI=1S/C17H25NO/c18-12-17(9-10-17)15-8-4-7-14(11-15)16(19)13-5-2-1-3-6-13/h4,7-8,11,13,16,19H,1-3,5-6,9-10,12,18H2. The molecular weight excluding hydrogens is 234 g/mol. The molecule has 1 aromatic carbocycles. The molecule has 0 aliphatic heterocycles. The highest BCUT2D eigenvalue weighted by Crippen LogP contribution is 2.48. The average molecular weight is 259 g/mol.